The average Bonchev–Trinajstić information content (AvgIpc) is 2.30. The van der Waals surface area contributed by atoms with E-state index in [0.717, 1.165) is 0 Å². The Hall–Kier alpha value is -0.950. The lowest BCUT2D eigenvalue weighted by molar-refractivity contribution is -0.139. The zero-order chi connectivity index (χ0) is 14.1. The van der Waals surface area contributed by atoms with Crippen LogP contribution in [0.1, 0.15) is 20.3 Å². The lowest BCUT2D eigenvalue weighted by atomic mass is 10.2. The molecule has 0 fully saturated rings. The summed E-state index contributed by atoms with van der Waals surface area (Å²) in [6.45, 7) is 3.67. The molecule has 18 heavy (non-hydrogen) atoms. The molecular weight excluding hydrogens is 256 g/mol. The van der Waals surface area contributed by atoms with E-state index in [-0.39, 0.29) is 19.2 Å². The summed E-state index contributed by atoms with van der Waals surface area (Å²) in [7, 11) is 0. The fourth-order valence-corrected chi connectivity index (χ4v) is 1.90. The van der Waals surface area contributed by atoms with Crippen molar-refractivity contribution in [1.29, 1.82) is 0 Å². The maximum Gasteiger partial charge on any atom is 0.326 e. The Morgan fingerprint density at radius 2 is 2.00 bits per heavy atom. The summed E-state index contributed by atoms with van der Waals surface area (Å²) < 4.78 is 0. The predicted molar refractivity (Wildman–Crippen MR) is 71.9 cm³/mol. The van der Waals surface area contributed by atoms with E-state index in [0.29, 0.717) is 12.2 Å². The highest BCUT2D eigenvalue weighted by Gasteiger charge is 2.23. The van der Waals surface area contributed by atoms with Crippen LogP contribution in [-0.4, -0.2) is 64.4 Å². The smallest absolute Gasteiger partial charge is 0.326 e. The van der Waals surface area contributed by atoms with Crippen LogP contribution in [0.15, 0.2) is 0 Å². The second-order valence-corrected chi connectivity index (χ2v) is 5.12. The molecule has 7 heteroatoms. The Balaban J connectivity index is 4.50. The third-order valence-corrected chi connectivity index (χ3v) is 3.08. The lowest BCUT2D eigenvalue weighted by Gasteiger charge is -2.27. The summed E-state index contributed by atoms with van der Waals surface area (Å²) in [5.74, 6) is -0.371. The SMILES string of the molecule is CSCC[C@@H](NC(=O)N(CCO)C(C)C)C(=O)O. The largest absolute Gasteiger partial charge is 0.480 e. The Kier molecular flexibility index (Phi) is 8.57. The van der Waals surface area contributed by atoms with Crippen molar-refractivity contribution >= 4 is 23.8 Å². The van der Waals surface area contributed by atoms with Gasteiger partial charge in [-0.25, -0.2) is 9.59 Å². The molecule has 0 heterocycles. The van der Waals surface area contributed by atoms with Crippen molar-refractivity contribution < 1.29 is 19.8 Å². The number of urea groups is 1. The van der Waals surface area contributed by atoms with Crippen LogP contribution in [0.3, 0.4) is 0 Å². The van der Waals surface area contributed by atoms with Gasteiger partial charge in [-0.2, -0.15) is 11.8 Å². The van der Waals surface area contributed by atoms with Gasteiger partial charge in [0.2, 0.25) is 0 Å². The van der Waals surface area contributed by atoms with Crippen LogP contribution >= 0.6 is 11.8 Å². The Labute approximate surface area is 112 Å². The number of carbonyl (C=O) groups excluding carboxylic acids is 1. The van der Waals surface area contributed by atoms with E-state index in [2.05, 4.69) is 5.32 Å². The second-order valence-electron chi connectivity index (χ2n) is 4.13. The Morgan fingerprint density at radius 3 is 2.39 bits per heavy atom. The highest BCUT2D eigenvalue weighted by molar-refractivity contribution is 7.98. The van der Waals surface area contributed by atoms with Gasteiger partial charge in [0.05, 0.1) is 6.61 Å². The number of nitrogens with zero attached hydrogens (tertiary/aromatic N) is 1. The van der Waals surface area contributed by atoms with Crippen molar-refractivity contribution in [2.75, 3.05) is 25.2 Å². The molecule has 0 aromatic rings. The van der Waals surface area contributed by atoms with Crippen molar-refractivity contribution in [2.24, 2.45) is 0 Å². The summed E-state index contributed by atoms with van der Waals surface area (Å²) >= 11 is 1.53. The monoisotopic (exact) mass is 278 g/mol. The average molecular weight is 278 g/mol. The first kappa shape index (κ1) is 17.1. The third-order valence-electron chi connectivity index (χ3n) is 2.43. The van der Waals surface area contributed by atoms with Crippen LogP contribution in [0.5, 0.6) is 0 Å². The van der Waals surface area contributed by atoms with Crippen LogP contribution in [-0.2, 0) is 4.79 Å². The van der Waals surface area contributed by atoms with Crippen LogP contribution in [0.2, 0.25) is 0 Å². The van der Waals surface area contributed by atoms with E-state index in [1.807, 2.05) is 20.1 Å². The fraction of sp³-hybridized carbons (Fsp3) is 0.818. The van der Waals surface area contributed by atoms with Crippen LogP contribution in [0.25, 0.3) is 0 Å². The van der Waals surface area contributed by atoms with Crippen LogP contribution in [0.4, 0.5) is 4.79 Å². The highest BCUT2D eigenvalue weighted by Crippen LogP contribution is 2.04. The summed E-state index contributed by atoms with van der Waals surface area (Å²) in [6.07, 6.45) is 2.26. The van der Waals surface area contributed by atoms with Gasteiger partial charge in [-0.05, 0) is 32.3 Å². The minimum Gasteiger partial charge on any atom is -0.480 e. The summed E-state index contributed by atoms with van der Waals surface area (Å²) in [6, 6.07) is -1.43. The third kappa shape index (κ3) is 6.11. The number of carbonyl (C=O) groups is 2. The lowest BCUT2D eigenvalue weighted by Crippen LogP contribution is -2.51. The van der Waals surface area contributed by atoms with E-state index in [1.165, 1.54) is 16.7 Å². The number of rotatable bonds is 8. The second kappa shape index (κ2) is 9.04. The molecule has 0 unspecified atom stereocenters. The molecule has 2 amide bonds. The minimum absolute atomic E-state index is 0.0906. The maximum absolute atomic E-state index is 11.9. The molecule has 0 aromatic heterocycles. The first-order valence-corrected chi connectivity index (χ1v) is 7.23. The number of hydrogen-bond acceptors (Lipinski definition) is 4. The summed E-state index contributed by atoms with van der Waals surface area (Å²) in [5, 5.41) is 20.4. The molecule has 0 aliphatic rings. The van der Waals surface area contributed by atoms with E-state index in [9.17, 15) is 9.59 Å². The first-order chi connectivity index (χ1) is 8.43. The van der Waals surface area contributed by atoms with Gasteiger partial charge in [0.15, 0.2) is 0 Å². The molecule has 3 N–H and O–H groups in total. The van der Waals surface area contributed by atoms with Gasteiger partial charge in [-0.3, -0.25) is 0 Å². The first-order valence-electron chi connectivity index (χ1n) is 5.83. The quantitative estimate of drug-likeness (QED) is 0.605. The molecule has 0 rings (SSSR count). The zero-order valence-electron chi connectivity index (χ0n) is 11.0. The van der Waals surface area contributed by atoms with Gasteiger partial charge < -0.3 is 20.4 Å². The topological polar surface area (TPSA) is 89.9 Å². The number of thioether (sulfide) groups is 1. The molecule has 0 aromatic carbocycles. The fourth-order valence-electron chi connectivity index (χ4n) is 1.43. The molecular formula is C11H22N2O4S. The number of aliphatic carboxylic acids is 1. The summed E-state index contributed by atoms with van der Waals surface area (Å²) in [5.41, 5.74) is 0. The van der Waals surface area contributed by atoms with E-state index >= 15 is 0 Å². The molecule has 0 saturated heterocycles. The molecule has 0 bridgehead atoms. The normalized spacial score (nSPS) is 12.3. The van der Waals surface area contributed by atoms with E-state index in [4.69, 9.17) is 10.2 Å². The van der Waals surface area contributed by atoms with Crippen LogP contribution < -0.4 is 5.32 Å². The van der Waals surface area contributed by atoms with Gasteiger partial charge in [0, 0.05) is 12.6 Å². The van der Waals surface area contributed by atoms with Gasteiger partial charge in [0.1, 0.15) is 6.04 Å². The number of nitrogens with one attached hydrogen (secondary N) is 1. The van der Waals surface area contributed by atoms with Gasteiger partial charge in [0.25, 0.3) is 0 Å². The number of aliphatic hydroxyl groups excluding tert-OH is 1. The van der Waals surface area contributed by atoms with Crippen molar-refractivity contribution in [3.8, 4) is 0 Å². The Bertz CT molecular complexity index is 274. The molecule has 0 saturated carbocycles. The number of hydrogen-bond donors (Lipinski definition) is 3. The minimum atomic E-state index is -1.04. The molecule has 1 atom stereocenters. The number of carboxylic acid groups (broad SMARTS) is 1. The van der Waals surface area contributed by atoms with Crippen molar-refractivity contribution in [1.82, 2.24) is 10.2 Å². The molecule has 6 nitrogen and oxygen atoms in total. The van der Waals surface area contributed by atoms with E-state index < -0.39 is 18.0 Å². The highest BCUT2D eigenvalue weighted by atomic mass is 32.2. The predicted octanol–water partition coefficient (Wildman–Crippen LogP) is 0.605. The number of amides is 2. The van der Waals surface area contributed by atoms with Gasteiger partial charge in [-0.15, -0.1) is 0 Å². The van der Waals surface area contributed by atoms with Gasteiger partial charge >= 0.3 is 12.0 Å². The molecule has 106 valence electrons. The van der Waals surface area contributed by atoms with Crippen molar-refractivity contribution in [2.45, 2.75) is 32.4 Å². The number of aliphatic hydroxyl groups is 1. The number of carboxylic acids is 1. The zero-order valence-corrected chi connectivity index (χ0v) is 11.9. The van der Waals surface area contributed by atoms with Crippen LogP contribution in [0, 0.1) is 0 Å². The molecule has 0 aliphatic heterocycles. The summed E-state index contributed by atoms with van der Waals surface area (Å²) in [4.78, 5) is 24.3. The van der Waals surface area contributed by atoms with Crippen molar-refractivity contribution in [3.63, 3.8) is 0 Å². The molecule has 0 spiro atoms. The maximum atomic E-state index is 11.9. The molecule has 0 aliphatic carbocycles. The molecule has 0 radical (unpaired) electrons. The van der Waals surface area contributed by atoms with Gasteiger partial charge in [-0.1, -0.05) is 0 Å². The van der Waals surface area contributed by atoms with E-state index in [1.54, 1.807) is 0 Å². The Morgan fingerprint density at radius 1 is 1.39 bits per heavy atom. The van der Waals surface area contributed by atoms with Crippen molar-refractivity contribution in [3.05, 3.63) is 0 Å². The standard InChI is InChI=1S/C11H22N2O4S/c1-8(2)13(5-6-14)11(17)12-9(10(15)16)4-7-18-3/h8-9,14H,4-7H2,1-3H3,(H,12,17)(H,15,16)/t9-/m1/s1.